The predicted octanol–water partition coefficient (Wildman–Crippen LogP) is 2.89. The molecule has 5 heteroatoms. The van der Waals surface area contributed by atoms with E-state index in [-0.39, 0.29) is 29.8 Å². The minimum absolute atomic E-state index is 0.0327. The molecule has 0 spiro atoms. The number of benzene rings is 1. The van der Waals surface area contributed by atoms with Crippen molar-refractivity contribution in [2.45, 2.75) is 51.0 Å². The van der Waals surface area contributed by atoms with Crippen LogP contribution in [-0.4, -0.2) is 29.8 Å². The van der Waals surface area contributed by atoms with Crippen molar-refractivity contribution in [2.24, 2.45) is 17.3 Å². The molecule has 2 atom stereocenters. The lowest BCUT2D eigenvalue weighted by Crippen LogP contribution is -2.64. The van der Waals surface area contributed by atoms with Crippen molar-refractivity contribution in [3.05, 3.63) is 35.9 Å². The number of hydrogen-bond donors (Lipinski definition) is 1. The van der Waals surface area contributed by atoms with Gasteiger partial charge in [0.05, 0.1) is 5.41 Å². The maximum absolute atomic E-state index is 13.0. The van der Waals surface area contributed by atoms with Crippen molar-refractivity contribution in [1.29, 1.82) is 0 Å². The van der Waals surface area contributed by atoms with Gasteiger partial charge in [0.2, 0.25) is 5.91 Å². The molecule has 138 valence electrons. The molecule has 0 heterocycles. The summed E-state index contributed by atoms with van der Waals surface area (Å²) in [6, 6.07) is 8.90. The molecule has 4 aliphatic rings. The number of esters is 1. The average molecular weight is 355 g/mol. The van der Waals surface area contributed by atoms with Crippen LogP contribution in [0, 0.1) is 17.3 Å². The van der Waals surface area contributed by atoms with E-state index in [2.05, 4.69) is 5.32 Å². The zero-order valence-electron chi connectivity index (χ0n) is 15.1. The third kappa shape index (κ3) is 3.04. The van der Waals surface area contributed by atoms with E-state index in [0.29, 0.717) is 23.8 Å². The second-order valence-electron chi connectivity index (χ2n) is 8.57. The normalized spacial score (nSPS) is 34.3. The summed E-state index contributed by atoms with van der Waals surface area (Å²) in [5.74, 6) is 0.446. The minimum atomic E-state index is -0.538. The Morgan fingerprint density at radius 1 is 1.08 bits per heavy atom. The molecule has 5 rings (SSSR count). The highest BCUT2D eigenvalue weighted by Crippen LogP contribution is 2.62. The Morgan fingerprint density at radius 3 is 2.35 bits per heavy atom. The van der Waals surface area contributed by atoms with Crippen molar-refractivity contribution in [3.8, 4) is 0 Å². The summed E-state index contributed by atoms with van der Waals surface area (Å²) < 4.78 is 5.49. The van der Waals surface area contributed by atoms with Gasteiger partial charge in [-0.15, -0.1) is 0 Å². The molecule has 4 fully saturated rings. The Labute approximate surface area is 153 Å². The molecule has 0 unspecified atom stereocenters. The zero-order valence-corrected chi connectivity index (χ0v) is 15.1. The fourth-order valence-electron chi connectivity index (χ4n) is 6.01. The topological polar surface area (TPSA) is 72.5 Å². The molecule has 0 radical (unpaired) electrons. The maximum Gasteiger partial charge on any atom is 0.312 e. The van der Waals surface area contributed by atoms with Gasteiger partial charge in [-0.3, -0.25) is 14.4 Å². The number of Topliss-reactive ketones (excluding diaryl/α,β-unsaturated/α-hetero) is 1. The number of ketones is 1. The molecule has 4 bridgehead atoms. The highest BCUT2D eigenvalue weighted by atomic mass is 16.5. The number of hydrogen-bond acceptors (Lipinski definition) is 4. The van der Waals surface area contributed by atoms with Crippen molar-refractivity contribution >= 4 is 17.7 Å². The molecule has 4 aliphatic carbocycles. The summed E-state index contributed by atoms with van der Waals surface area (Å²) in [7, 11) is 0. The third-order valence-corrected chi connectivity index (χ3v) is 6.37. The van der Waals surface area contributed by atoms with Crippen LogP contribution in [0.25, 0.3) is 0 Å². The van der Waals surface area contributed by atoms with Gasteiger partial charge in [-0.05, 0) is 50.4 Å². The summed E-state index contributed by atoms with van der Waals surface area (Å²) in [5.41, 5.74) is -0.248. The van der Waals surface area contributed by atoms with Crippen LogP contribution in [0.5, 0.6) is 0 Å². The lowest BCUT2D eigenvalue weighted by atomic mass is 9.47. The van der Waals surface area contributed by atoms with Crippen molar-refractivity contribution in [3.63, 3.8) is 0 Å². The molecule has 26 heavy (non-hydrogen) atoms. The van der Waals surface area contributed by atoms with Gasteiger partial charge >= 0.3 is 5.97 Å². The van der Waals surface area contributed by atoms with Gasteiger partial charge in [0.25, 0.3) is 0 Å². The zero-order chi connectivity index (χ0) is 18.4. The van der Waals surface area contributed by atoms with E-state index in [1.165, 1.54) is 0 Å². The van der Waals surface area contributed by atoms with Crippen LogP contribution in [0.1, 0.15) is 55.8 Å². The maximum atomic E-state index is 13.0. The number of rotatable bonds is 5. The van der Waals surface area contributed by atoms with Crippen LogP contribution in [0.2, 0.25) is 0 Å². The molecule has 0 aliphatic heterocycles. The highest BCUT2D eigenvalue weighted by molar-refractivity contribution is 5.98. The smallest absolute Gasteiger partial charge is 0.312 e. The molecule has 1 aromatic rings. The number of nitrogens with one attached hydrogen (secondary N) is 1. The fraction of sp³-hybridized carbons (Fsp3) is 0.571. The van der Waals surface area contributed by atoms with E-state index in [1.54, 1.807) is 31.2 Å². The first kappa shape index (κ1) is 17.3. The Balaban J connectivity index is 1.47. The van der Waals surface area contributed by atoms with Crippen LogP contribution in [0.3, 0.4) is 0 Å². The summed E-state index contributed by atoms with van der Waals surface area (Å²) in [4.78, 5) is 36.9. The van der Waals surface area contributed by atoms with Crippen molar-refractivity contribution in [2.75, 3.05) is 6.61 Å². The van der Waals surface area contributed by atoms with Gasteiger partial charge in [-0.25, -0.2) is 0 Å². The molecule has 1 amide bonds. The Kier molecular flexibility index (Phi) is 4.13. The van der Waals surface area contributed by atoms with Gasteiger partial charge in [0.15, 0.2) is 12.4 Å². The van der Waals surface area contributed by atoms with Crippen LogP contribution in [0.15, 0.2) is 30.3 Å². The Hall–Kier alpha value is -2.17. The number of amides is 1. The van der Waals surface area contributed by atoms with Crippen LogP contribution >= 0.6 is 0 Å². The summed E-state index contributed by atoms with van der Waals surface area (Å²) in [6.07, 6.45) is 5.35. The number of carbonyl (C=O) groups is 3. The predicted molar refractivity (Wildman–Crippen MR) is 95.4 cm³/mol. The molecule has 1 aromatic carbocycles. The average Bonchev–Trinajstić information content (AvgIpc) is 2.57. The van der Waals surface area contributed by atoms with Crippen LogP contribution < -0.4 is 5.32 Å². The third-order valence-electron chi connectivity index (χ3n) is 6.37. The summed E-state index contributed by atoms with van der Waals surface area (Å²) >= 11 is 0. The number of carbonyl (C=O) groups excluding carboxylic acids is 3. The molecule has 0 aromatic heterocycles. The summed E-state index contributed by atoms with van der Waals surface area (Å²) in [5, 5.41) is 3.14. The monoisotopic (exact) mass is 355 g/mol. The van der Waals surface area contributed by atoms with E-state index in [4.69, 9.17) is 4.74 Å². The first-order chi connectivity index (χ1) is 12.4. The molecule has 0 saturated heterocycles. The second-order valence-corrected chi connectivity index (χ2v) is 8.57. The molecule has 4 saturated carbocycles. The van der Waals surface area contributed by atoms with Gasteiger partial charge in [-0.1, -0.05) is 30.3 Å². The van der Waals surface area contributed by atoms with E-state index < -0.39 is 5.41 Å². The van der Waals surface area contributed by atoms with Gasteiger partial charge < -0.3 is 10.1 Å². The SMILES string of the molecule is CC(=O)NC12C[C@@H]3C[C@@H](C1)CC(C(=O)OCC(=O)c1ccccc1)(C3)C2. The van der Waals surface area contributed by atoms with E-state index in [0.717, 1.165) is 32.1 Å². The van der Waals surface area contributed by atoms with Crippen molar-refractivity contribution in [1.82, 2.24) is 5.32 Å². The lowest BCUT2D eigenvalue weighted by Gasteiger charge is -2.60. The first-order valence-corrected chi connectivity index (χ1v) is 9.44. The van der Waals surface area contributed by atoms with E-state index >= 15 is 0 Å². The minimum Gasteiger partial charge on any atom is -0.457 e. The van der Waals surface area contributed by atoms with Gasteiger partial charge in [0.1, 0.15) is 0 Å². The van der Waals surface area contributed by atoms with Crippen LogP contribution in [-0.2, 0) is 14.3 Å². The van der Waals surface area contributed by atoms with Gasteiger partial charge in [-0.2, -0.15) is 0 Å². The highest BCUT2D eigenvalue weighted by Gasteiger charge is 2.61. The Morgan fingerprint density at radius 2 is 1.73 bits per heavy atom. The summed E-state index contributed by atoms with van der Waals surface area (Å²) in [6.45, 7) is 1.33. The fourth-order valence-corrected chi connectivity index (χ4v) is 6.01. The molecule has 5 nitrogen and oxygen atoms in total. The standard InChI is InChI=1S/C21H25NO4/c1-14(23)22-21-10-15-7-16(11-21)9-20(8-15,13-21)19(25)26-12-18(24)17-5-3-2-4-6-17/h2-6,15-16H,7-13H2,1H3,(H,22,23)/t15-,16-,20?,21?/m1/s1. The molecular formula is C21H25NO4. The lowest BCUT2D eigenvalue weighted by molar-refractivity contribution is -0.174. The van der Waals surface area contributed by atoms with Gasteiger partial charge in [0, 0.05) is 18.0 Å². The molecule has 1 N–H and O–H groups in total. The molecular weight excluding hydrogens is 330 g/mol. The quantitative estimate of drug-likeness (QED) is 0.651. The largest absolute Gasteiger partial charge is 0.457 e. The second kappa shape index (κ2) is 6.22. The van der Waals surface area contributed by atoms with E-state index in [9.17, 15) is 14.4 Å². The van der Waals surface area contributed by atoms with E-state index in [1.807, 2.05) is 6.07 Å². The first-order valence-electron chi connectivity index (χ1n) is 9.44. The van der Waals surface area contributed by atoms with Crippen molar-refractivity contribution < 1.29 is 19.1 Å². The van der Waals surface area contributed by atoms with Crippen LogP contribution in [0.4, 0.5) is 0 Å². The Bertz CT molecular complexity index is 728. The number of ether oxygens (including phenoxy) is 1.